The molecule has 1 unspecified atom stereocenters. The summed E-state index contributed by atoms with van der Waals surface area (Å²) in [7, 11) is 0. The topological polar surface area (TPSA) is 57.8 Å². The number of nitrogens with zero attached hydrogens (tertiary/aromatic N) is 1. The van der Waals surface area contributed by atoms with E-state index in [2.05, 4.69) is 67.3 Å². The van der Waals surface area contributed by atoms with E-state index in [1.807, 2.05) is 6.20 Å². The minimum atomic E-state index is 0.126. The van der Waals surface area contributed by atoms with Crippen LogP contribution >= 0.6 is 0 Å². The zero-order valence-electron chi connectivity index (χ0n) is 18.5. The van der Waals surface area contributed by atoms with Gasteiger partial charge in [-0.3, -0.25) is 4.79 Å². The molecule has 1 aromatic rings. The van der Waals surface area contributed by atoms with Gasteiger partial charge in [0.15, 0.2) is 0 Å². The van der Waals surface area contributed by atoms with Gasteiger partial charge in [-0.05, 0) is 31.1 Å². The van der Waals surface area contributed by atoms with E-state index in [9.17, 15) is 4.79 Å². The number of carbonyl (C=O) groups is 1. The van der Waals surface area contributed by atoms with Crippen LogP contribution in [0.2, 0.25) is 0 Å². The summed E-state index contributed by atoms with van der Waals surface area (Å²) in [6.45, 7) is 9.24. The number of imidazole rings is 1. The van der Waals surface area contributed by atoms with Gasteiger partial charge < -0.3 is 10.3 Å². The van der Waals surface area contributed by atoms with Gasteiger partial charge in [0.25, 0.3) is 0 Å². The Morgan fingerprint density at radius 3 is 2.61 bits per heavy atom. The first-order chi connectivity index (χ1) is 13.5. The smallest absolute Gasteiger partial charge is 0.220 e. The van der Waals surface area contributed by atoms with E-state index in [1.54, 1.807) is 0 Å². The summed E-state index contributed by atoms with van der Waals surface area (Å²) < 4.78 is 0. The highest BCUT2D eigenvalue weighted by Gasteiger charge is 2.20. The first-order valence-corrected chi connectivity index (χ1v) is 11.2. The van der Waals surface area contributed by atoms with Crippen LogP contribution in [0.3, 0.4) is 0 Å². The number of amides is 1. The number of rotatable bonds is 11. The Morgan fingerprint density at radius 1 is 1.18 bits per heavy atom. The zero-order chi connectivity index (χ0) is 20.7. The highest BCUT2D eigenvalue weighted by molar-refractivity contribution is 5.75. The Morgan fingerprint density at radius 2 is 1.93 bits per heavy atom. The molecule has 4 nitrogen and oxygen atoms in total. The third kappa shape index (κ3) is 10.5. The molecule has 0 bridgehead atoms. The molecule has 2 N–H and O–H groups in total. The fourth-order valence-electron chi connectivity index (χ4n) is 3.16. The van der Waals surface area contributed by atoms with Gasteiger partial charge in [-0.1, -0.05) is 84.1 Å². The number of hydrogen-bond donors (Lipinski definition) is 2. The standard InChI is InChI=1S/C21H33N3O.C3H8/c1-3-4-5-6-8-11-20(25)23-17-19-22-16-18(24-19)12-15-21(2)13-9-7-10-14-21;1-3-2/h7,9-10,13,16H,3-6,8,11-12,14-15,17H2,1-2H3,(H,22,24)(H,23,25);3H2,1-2H3. The normalized spacial score (nSPS) is 17.9. The van der Waals surface area contributed by atoms with Crippen LogP contribution in [0.5, 0.6) is 0 Å². The average molecular weight is 388 g/mol. The number of aromatic nitrogens is 2. The molecule has 2 rings (SSSR count). The third-order valence-corrected chi connectivity index (χ3v) is 4.94. The number of hydrogen-bond acceptors (Lipinski definition) is 2. The Bertz CT molecular complexity index is 603. The lowest BCUT2D eigenvalue weighted by Crippen LogP contribution is -2.23. The van der Waals surface area contributed by atoms with Gasteiger partial charge in [0.1, 0.15) is 5.82 Å². The molecule has 0 saturated carbocycles. The van der Waals surface area contributed by atoms with Gasteiger partial charge in [0, 0.05) is 18.3 Å². The molecule has 0 aliphatic heterocycles. The molecule has 4 heteroatoms. The molecule has 1 aliphatic rings. The lowest BCUT2D eigenvalue weighted by molar-refractivity contribution is -0.121. The molecular formula is C24H41N3O. The van der Waals surface area contributed by atoms with Crippen LogP contribution in [0.1, 0.15) is 97.0 Å². The van der Waals surface area contributed by atoms with Crippen molar-refractivity contribution in [3.8, 4) is 0 Å². The molecule has 1 heterocycles. The second-order valence-electron chi connectivity index (χ2n) is 8.15. The van der Waals surface area contributed by atoms with Gasteiger partial charge in [-0.2, -0.15) is 0 Å². The summed E-state index contributed by atoms with van der Waals surface area (Å²) in [5.74, 6) is 0.972. The molecule has 1 atom stereocenters. The summed E-state index contributed by atoms with van der Waals surface area (Å²) in [5.41, 5.74) is 1.39. The maximum atomic E-state index is 11.9. The molecular weight excluding hydrogens is 346 g/mol. The van der Waals surface area contributed by atoms with Crippen molar-refractivity contribution in [2.75, 3.05) is 0 Å². The number of allylic oxidation sites excluding steroid dienone is 4. The van der Waals surface area contributed by atoms with Crippen LogP contribution in [0.15, 0.2) is 30.5 Å². The van der Waals surface area contributed by atoms with Crippen LogP contribution in [0.25, 0.3) is 0 Å². The number of carbonyl (C=O) groups excluding carboxylic acids is 1. The van der Waals surface area contributed by atoms with E-state index in [1.165, 1.54) is 25.7 Å². The van der Waals surface area contributed by atoms with Crippen molar-refractivity contribution in [1.82, 2.24) is 15.3 Å². The van der Waals surface area contributed by atoms with Gasteiger partial charge in [-0.15, -0.1) is 0 Å². The molecule has 1 aromatic heterocycles. The largest absolute Gasteiger partial charge is 0.349 e. The molecule has 0 spiro atoms. The van der Waals surface area contributed by atoms with Crippen molar-refractivity contribution in [3.05, 3.63) is 42.0 Å². The summed E-state index contributed by atoms with van der Waals surface area (Å²) >= 11 is 0. The van der Waals surface area contributed by atoms with Crippen LogP contribution in [-0.4, -0.2) is 15.9 Å². The summed E-state index contributed by atoms with van der Waals surface area (Å²) in [5, 5.41) is 2.96. The van der Waals surface area contributed by atoms with Crippen LogP contribution < -0.4 is 5.32 Å². The number of unbranched alkanes of at least 4 members (excludes halogenated alkanes) is 4. The molecule has 0 fully saturated rings. The minimum Gasteiger partial charge on any atom is -0.349 e. The van der Waals surface area contributed by atoms with Gasteiger partial charge in [0.2, 0.25) is 5.91 Å². The SMILES string of the molecule is CCC.CCCCCCCC(=O)NCc1ncc(CCC2(C)C=CC=CC2)[nH]1. The molecule has 0 aromatic carbocycles. The van der Waals surface area contributed by atoms with E-state index in [0.29, 0.717) is 13.0 Å². The fourth-order valence-corrected chi connectivity index (χ4v) is 3.16. The highest BCUT2D eigenvalue weighted by Crippen LogP contribution is 2.32. The van der Waals surface area contributed by atoms with Crippen LogP contribution in [0, 0.1) is 5.41 Å². The molecule has 0 radical (unpaired) electrons. The third-order valence-electron chi connectivity index (χ3n) is 4.94. The summed E-state index contributed by atoms with van der Waals surface area (Å²) in [6, 6.07) is 0. The van der Waals surface area contributed by atoms with Crippen molar-refractivity contribution >= 4 is 5.91 Å². The number of aryl methyl sites for hydroxylation is 1. The molecule has 1 aliphatic carbocycles. The quantitative estimate of drug-likeness (QED) is 0.440. The monoisotopic (exact) mass is 387 g/mol. The van der Waals surface area contributed by atoms with Gasteiger partial charge in [0.05, 0.1) is 6.54 Å². The number of aromatic amines is 1. The van der Waals surface area contributed by atoms with Gasteiger partial charge in [-0.25, -0.2) is 4.98 Å². The fraction of sp³-hybridized carbons (Fsp3) is 0.667. The maximum absolute atomic E-state index is 11.9. The molecule has 0 saturated heterocycles. The number of nitrogens with one attached hydrogen (secondary N) is 2. The van der Waals surface area contributed by atoms with Crippen LogP contribution in [0.4, 0.5) is 0 Å². The summed E-state index contributed by atoms with van der Waals surface area (Å²) in [4.78, 5) is 19.6. The second-order valence-corrected chi connectivity index (χ2v) is 8.15. The van der Waals surface area contributed by atoms with Crippen LogP contribution in [-0.2, 0) is 17.8 Å². The first-order valence-electron chi connectivity index (χ1n) is 11.2. The van der Waals surface area contributed by atoms with Crippen molar-refractivity contribution in [2.24, 2.45) is 5.41 Å². The Kier molecular flexibility index (Phi) is 12.3. The van der Waals surface area contributed by atoms with Gasteiger partial charge >= 0.3 is 0 Å². The van der Waals surface area contributed by atoms with E-state index < -0.39 is 0 Å². The second kappa shape index (κ2) is 14.2. The van der Waals surface area contributed by atoms with E-state index >= 15 is 0 Å². The van der Waals surface area contributed by atoms with Crippen molar-refractivity contribution in [3.63, 3.8) is 0 Å². The minimum absolute atomic E-state index is 0.126. The maximum Gasteiger partial charge on any atom is 0.220 e. The first kappa shape index (κ1) is 24.2. The highest BCUT2D eigenvalue weighted by atomic mass is 16.1. The van der Waals surface area contributed by atoms with E-state index in [-0.39, 0.29) is 11.3 Å². The number of H-pyrrole nitrogens is 1. The van der Waals surface area contributed by atoms with Crippen molar-refractivity contribution in [1.29, 1.82) is 0 Å². The lowest BCUT2D eigenvalue weighted by Gasteiger charge is -2.26. The van der Waals surface area contributed by atoms with E-state index in [0.717, 1.165) is 43.6 Å². The predicted molar refractivity (Wildman–Crippen MR) is 119 cm³/mol. The molecule has 28 heavy (non-hydrogen) atoms. The Balaban J connectivity index is 0.00000122. The Hall–Kier alpha value is -1.84. The molecule has 1 amide bonds. The Labute approximate surface area is 172 Å². The van der Waals surface area contributed by atoms with Crippen molar-refractivity contribution in [2.45, 2.75) is 98.4 Å². The van der Waals surface area contributed by atoms with E-state index in [4.69, 9.17) is 0 Å². The summed E-state index contributed by atoms with van der Waals surface area (Å²) in [6.07, 6.45) is 21.6. The predicted octanol–water partition coefficient (Wildman–Crippen LogP) is 6.26. The average Bonchev–Trinajstić information content (AvgIpc) is 3.14. The lowest BCUT2D eigenvalue weighted by atomic mass is 9.79. The molecule has 158 valence electrons. The zero-order valence-corrected chi connectivity index (χ0v) is 18.5. The van der Waals surface area contributed by atoms with Crippen molar-refractivity contribution < 1.29 is 4.79 Å².